The minimum absolute atomic E-state index is 0.254. The highest BCUT2D eigenvalue weighted by atomic mass is 35.5. The number of nitrogens with zero attached hydrogens (tertiary/aromatic N) is 4. The molecule has 2 heterocycles. The molecule has 1 aromatic heterocycles. The van der Waals surface area contributed by atoms with Gasteiger partial charge in [0.2, 0.25) is 11.8 Å². The number of methoxy groups -OCH3 is 2. The van der Waals surface area contributed by atoms with Crippen molar-refractivity contribution in [1.82, 2.24) is 15.3 Å². The Hall–Kier alpha value is -3.52. The first-order valence-corrected chi connectivity index (χ1v) is 11.0. The highest BCUT2D eigenvalue weighted by Crippen LogP contribution is 2.32. The maximum Gasteiger partial charge on any atom is 0.258 e. The molecule has 0 atom stereocenters. The van der Waals surface area contributed by atoms with Gasteiger partial charge in [0.15, 0.2) is 0 Å². The van der Waals surface area contributed by atoms with Crippen molar-refractivity contribution >= 4 is 29.1 Å². The SMILES string of the molecule is COc1ccc(Cl)cc1N1CCN(c2ncc(C(=O)NCc3ccccc3)c(OC)n2)CC1. The standard InChI is InChI=1S/C24H26ClN5O3/c1-32-21-9-8-18(25)14-20(21)29-10-12-30(13-11-29)24-27-16-19(23(28-24)33-2)22(31)26-15-17-6-4-3-5-7-17/h3-9,14,16H,10-13,15H2,1-2H3,(H,26,31). The number of carbonyl (C=O) groups excluding carboxylic acids is 1. The number of anilines is 2. The van der Waals surface area contributed by atoms with Crippen LogP contribution in [0.5, 0.6) is 11.6 Å². The first-order chi connectivity index (χ1) is 16.1. The van der Waals surface area contributed by atoms with E-state index in [1.54, 1.807) is 7.11 Å². The van der Waals surface area contributed by atoms with E-state index in [0.717, 1.165) is 30.1 Å². The molecule has 0 bridgehead atoms. The molecule has 0 spiro atoms. The molecule has 1 fully saturated rings. The van der Waals surface area contributed by atoms with E-state index in [1.165, 1.54) is 13.3 Å². The minimum atomic E-state index is -0.278. The zero-order chi connectivity index (χ0) is 23.2. The number of halogens is 1. The highest BCUT2D eigenvalue weighted by Gasteiger charge is 2.23. The molecule has 1 aliphatic rings. The molecule has 1 N–H and O–H groups in total. The number of aromatic nitrogens is 2. The Labute approximate surface area is 198 Å². The lowest BCUT2D eigenvalue weighted by atomic mass is 10.2. The molecular formula is C24H26ClN5O3. The van der Waals surface area contributed by atoms with Gasteiger partial charge in [0.05, 0.1) is 19.9 Å². The van der Waals surface area contributed by atoms with Crippen LogP contribution in [0.15, 0.2) is 54.7 Å². The topological polar surface area (TPSA) is 79.8 Å². The van der Waals surface area contributed by atoms with Crippen LogP contribution in [0.1, 0.15) is 15.9 Å². The number of rotatable bonds is 7. The van der Waals surface area contributed by atoms with Crippen LogP contribution in [0, 0.1) is 0 Å². The highest BCUT2D eigenvalue weighted by molar-refractivity contribution is 6.30. The Balaban J connectivity index is 1.42. The van der Waals surface area contributed by atoms with Crippen molar-refractivity contribution in [3.8, 4) is 11.6 Å². The summed E-state index contributed by atoms with van der Waals surface area (Å²) in [5.41, 5.74) is 2.28. The molecule has 0 aliphatic carbocycles. The zero-order valence-corrected chi connectivity index (χ0v) is 19.4. The average molecular weight is 468 g/mol. The van der Waals surface area contributed by atoms with E-state index >= 15 is 0 Å². The Bertz CT molecular complexity index is 1100. The summed E-state index contributed by atoms with van der Waals surface area (Å²) in [4.78, 5) is 25.9. The van der Waals surface area contributed by atoms with Crippen LogP contribution < -0.4 is 24.6 Å². The molecular weight excluding hydrogens is 442 g/mol. The van der Waals surface area contributed by atoms with Crippen LogP contribution >= 0.6 is 11.6 Å². The quantitative estimate of drug-likeness (QED) is 0.570. The van der Waals surface area contributed by atoms with Gasteiger partial charge in [-0.25, -0.2) is 4.98 Å². The second-order valence-electron chi connectivity index (χ2n) is 7.55. The van der Waals surface area contributed by atoms with Crippen LogP contribution in [-0.4, -0.2) is 56.3 Å². The second kappa shape index (κ2) is 10.4. The van der Waals surface area contributed by atoms with Gasteiger partial charge in [-0.15, -0.1) is 0 Å². The third-order valence-corrected chi connectivity index (χ3v) is 5.75. The zero-order valence-electron chi connectivity index (χ0n) is 18.6. The molecule has 1 saturated heterocycles. The van der Waals surface area contributed by atoms with Crippen molar-refractivity contribution in [2.45, 2.75) is 6.54 Å². The average Bonchev–Trinajstić information content (AvgIpc) is 2.87. The molecule has 0 unspecified atom stereocenters. The van der Waals surface area contributed by atoms with Crippen molar-refractivity contribution in [2.75, 3.05) is 50.2 Å². The van der Waals surface area contributed by atoms with E-state index in [0.29, 0.717) is 36.2 Å². The van der Waals surface area contributed by atoms with Crippen molar-refractivity contribution in [2.24, 2.45) is 0 Å². The molecule has 0 saturated carbocycles. The first kappa shape index (κ1) is 22.7. The number of hydrogen-bond acceptors (Lipinski definition) is 7. The Morgan fingerprint density at radius 3 is 2.45 bits per heavy atom. The second-order valence-corrected chi connectivity index (χ2v) is 7.99. The van der Waals surface area contributed by atoms with Gasteiger partial charge in [0, 0.05) is 43.9 Å². The van der Waals surface area contributed by atoms with E-state index in [1.807, 2.05) is 48.5 Å². The summed E-state index contributed by atoms with van der Waals surface area (Å²) in [6.45, 7) is 3.33. The fourth-order valence-electron chi connectivity index (χ4n) is 3.75. The van der Waals surface area contributed by atoms with Crippen LogP contribution in [0.4, 0.5) is 11.6 Å². The number of nitrogens with one attached hydrogen (secondary N) is 1. The molecule has 1 aliphatic heterocycles. The molecule has 1 amide bonds. The van der Waals surface area contributed by atoms with E-state index < -0.39 is 0 Å². The molecule has 172 valence electrons. The van der Waals surface area contributed by atoms with Crippen molar-refractivity contribution in [1.29, 1.82) is 0 Å². The largest absolute Gasteiger partial charge is 0.495 e. The van der Waals surface area contributed by atoms with Gasteiger partial charge >= 0.3 is 0 Å². The monoisotopic (exact) mass is 467 g/mol. The summed E-state index contributed by atoms with van der Waals surface area (Å²) in [7, 11) is 3.16. The summed E-state index contributed by atoms with van der Waals surface area (Å²) in [6, 6.07) is 15.3. The summed E-state index contributed by atoms with van der Waals surface area (Å²) >= 11 is 6.19. The summed E-state index contributed by atoms with van der Waals surface area (Å²) in [6.07, 6.45) is 1.52. The summed E-state index contributed by atoms with van der Waals surface area (Å²) in [5, 5.41) is 3.56. The van der Waals surface area contributed by atoms with Crippen LogP contribution in [0.2, 0.25) is 5.02 Å². The molecule has 33 heavy (non-hydrogen) atoms. The number of carbonyl (C=O) groups is 1. The molecule has 8 nitrogen and oxygen atoms in total. The maximum absolute atomic E-state index is 12.7. The van der Waals surface area contributed by atoms with Gasteiger partial charge in [0.25, 0.3) is 5.91 Å². The normalized spacial score (nSPS) is 13.5. The van der Waals surface area contributed by atoms with Crippen molar-refractivity contribution < 1.29 is 14.3 Å². The maximum atomic E-state index is 12.7. The number of ether oxygens (including phenoxy) is 2. The third kappa shape index (κ3) is 5.28. The molecule has 4 rings (SSSR count). The van der Waals surface area contributed by atoms with Crippen molar-refractivity contribution in [3.05, 3.63) is 70.9 Å². The summed E-state index contributed by atoms with van der Waals surface area (Å²) < 4.78 is 10.9. The van der Waals surface area contributed by atoms with Crippen molar-refractivity contribution in [3.63, 3.8) is 0 Å². The molecule has 0 radical (unpaired) electrons. The Morgan fingerprint density at radius 1 is 1.03 bits per heavy atom. The predicted octanol–water partition coefficient (Wildman–Crippen LogP) is 3.40. The third-order valence-electron chi connectivity index (χ3n) is 5.52. The molecule has 9 heteroatoms. The Kier molecular flexibility index (Phi) is 7.14. The first-order valence-electron chi connectivity index (χ1n) is 10.7. The van der Waals surface area contributed by atoms with Gasteiger partial charge in [-0.2, -0.15) is 4.98 Å². The van der Waals surface area contributed by atoms with Crippen LogP contribution in [-0.2, 0) is 6.54 Å². The van der Waals surface area contributed by atoms with E-state index in [4.69, 9.17) is 21.1 Å². The predicted molar refractivity (Wildman–Crippen MR) is 129 cm³/mol. The number of amides is 1. The van der Waals surface area contributed by atoms with Gasteiger partial charge in [-0.3, -0.25) is 4.79 Å². The number of piperazine rings is 1. The minimum Gasteiger partial charge on any atom is -0.495 e. The fraction of sp³-hybridized carbons (Fsp3) is 0.292. The number of benzene rings is 2. The van der Waals surface area contributed by atoms with E-state index in [-0.39, 0.29) is 11.8 Å². The van der Waals surface area contributed by atoms with Crippen LogP contribution in [0.3, 0.4) is 0 Å². The van der Waals surface area contributed by atoms with Crippen LogP contribution in [0.25, 0.3) is 0 Å². The lowest BCUT2D eigenvalue weighted by molar-refractivity contribution is 0.0946. The van der Waals surface area contributed by atoms with E-state index in [9.17, 15) is 4.79 Å². The Morgan fingerprint density at radius 2 is 1.76 bits per heavy atom. The van der Waals surface area contributed by atoms with Gasteiger partial charge in [0.1, 0.15) is 11.3 Å². The van der Waals surface area contributed by atoms with Gasteiger partial charge in [-0.05, 0) is 23.8 Å². The molecule has 3 aromatic rings. The lowest BCUT2D eigenvalue weighted by Crippen LogP contribution is -2.47. The lowest BCUT2D eigenvalue weighted by Gasteiger charge is -2.36. The fourth-order valence-corrected chi connectivity index (χ4v) is 3.92. The molecule has 2 aromatic carbocycles. The number of hydrogen-bond donors (Lipinski definition) is 1. The van der Waals surface area contributed by atoms with Gasteiger partial charge < -0.3 is 24.6 Å². The van der Waals surface area contributed by atoms with Gasteiger partial charge in [-0.1, -0.05) is 41.9 Å². The summed E-state index contributed by atoms with van der Waals surface area (Å²) in [5.74, 6) is 1.30. The van der Waals surface area contributed by atoms with E-state index in [2.05, 4.69) is 25.1 Å². The smallest absolute Gasteiger partial charge is 0.258 e.